The number of rotatable bonds is 9. The monoisotopic (exact) mass is 450 g/mol. The third kappa shape index (κ3) is 5.50. The highest BCUT2D eigenvalue weighted by Crippen LogP contribution is 2.33. The van der Waals surface area contributed by atoms with Crippen LogP contribution in [-0.2, 0) is 19.6 Å². The molecule has 8 heteroatoms. The second kappa shape index (κ2) is 10.4. The van der Waals surface area contributed by atoms with Crippen LogP contribution in [0.1, 0.15) is 17.0 Å². The van der Waals surface area contributed by atoms with Gasteiger partial charge in [0.1, 0.15) is 11.3 Å². The molecule has 4 aromatic rings. The van der Waals surface area contributed by atoms with Gasteiger partial charge in [0.05, 0.1) is 22.0 Å². The molecule has 0 fully saturated rings. The van der Waals surface area contributed by atoms with E-state index in [1.807, 2.05) is 36.4 Å². The summed E-state index contributed by atoms with van der Waals surface area (Å²) in [6.07, 6.45) is 3.57. The second-order valence-electron chi connectivity index (χ2n) is 7.39. The number of aromatic hydroxyl groups is 1. The van der Waals surface area contributed by atoms with Crippen molar-refractivity contribution in [1.29, 1.82) is 0 Å². The molecule has 0 aliphatic carbocycles. The fourth-order valence-electron chi connectivity index (χ4n) is 3.50. The average Bonchev–Trinajstić information content (AvgIpc) is 2.80. The first-order chi connectivity index (χ1) is 15.6. The Morgan fingerprint density at radius 3 is 2.31 bits per heavy atom. The number of benzene rings is 1. The summed E-state index contributed by atoms with van der Waals surface area (Å²) in [5.41, 5.74) is 2.28. The molecule has 164 valence electrons. The number of aromatic nitrogens is 2. The van der Waals surface area contributed by atoms with Crippen molar-refractivity contribution in [3.8, 4) is 5.75 Å². The molecule has 32 heavy (non-hydrogen) atoms. The molecule has 3 heterocycles. The smallest absolute Gasteiger partial charge is 0.336 e. The number of nitrogens with one attached hydrogen (secondary N) is 1. The van der Waals surface area contributed by atoms with E-state index in [0.29, 0.717) is 42.7 Å². The van der Waals surface area contributed by atoms with E-state index < -0.39 is 5.63 Å². The van der Waals surface area contributed by atoms with Gasteiger partial charge in [-0.1, -0.05) is 23.7 Å². The number of phenolic OH excluding ortho intramolecular Hbond substituents is 1. The molecule has 0 saturated carbocycles. The third-order valence-electron chi connectivity index (χ3n) is 5.06. The first-order valence-corrected chi connectivity index (χ1v) is 10.6. The molecule has 0 unspecified atom stereocenters. The molecular weight excluding hydrogens is 428 g/mol. The molecule has 3 aromatic heterocycles. The van der Waals surface area contributed by atoms with Crippen LogP contribution in [0.4, 0.5) is 0 Å². The Morgan fingerprint density at radius 1 is 1.00 bits per heavy atom. The van der Waals surface area contributed by atoms with E-state index in [4.69, 9.17) is 16.0 Å². The highest BCUT2D eigenvalue weighted by molar-refractivity contribution is 6.33. The molecule has 0 bridgehead atoms. The molecule has 0 amide bonds. The number of phenols is 1. The van der Waals surface area contributed by atoms with Crippen LogP contribution in [0.2, 0.25) is 5.02 Å². The molecular formula is C24H23ClN4O3. The predicted molar refractivity (Wildman–Crippen MR) is 123 cm³/mol. The first kappa shape index (κ1) is 22.0. The number of halogens is 1. The largest absolute Gasteiger partial charge is 0.506 e. The molecule has 4 rings (SSSR count). The molecule has 1 aromatic carbocycles. The van der Waals surface area contributed by atoms with Crippen molar-refractivity contribution in [3.05, 3.63) is 99.4 Å². The molecule has 0 spiro atoms. The minimum absolute atomic E-state index is 0.0835. The highest BCUT2D eigenvalue weighted by Gasteiger charge is 2.15. The molecule has 7 nitrogen and oxygen atoms in total. The number of pyridine rings is 2. The summed E-state index contributed by atoms with van der Waals surface area (Å²) in [7, 11) is 0. The quantitative estimate of drug-likeness (QED) is 0.296. The van der Waals surface area contributed by atoms with Gasteiger partial charge in [-0.25, -0.2) is 4.79 Å². The summed E-state index contributed by atoms with van der Waals surface area (Å²) in [6, 6.07) is 16.3. The standard InChI is InChI=1S/C24H23ClN4O3/c25-21-13-17-7-8-22(30)32-24(17)20(23(21)31)14-26-11-12-29(15-18-5-1-3-9-27-18)16-19-6-2-4-10-28-19/h1-10,13,26,31H,11-12,14-16H2. The predicted octanol–water partition coefficient (Wildman–Crippen LogP) is 3.73. The Kier molecular flexibility index (Phi) is 7.11. The second-order valence-corrected chi connectivity index (χ2v) is 7.80. The van der Waals surface area contributed by atoms with Crippen molar-refractivity contribution in [2.75, 3.05) is 13.1 Å². The van der Waals surface area contributed by atoms with Gasteiger partial charge in [-0.2, -0.15) is 0 Å². The van der Waals surface area contributed by atoms with E-state index in [1.54, 1.807) is 24.5 Å². The molecule has 0 aliphatic rings. The van der Waals surface area contributed by atoms with Crippen LogP contribution in [0.5, 0.6) is 5.75 Å². The van der Waals surface area contributed by atoms with Crippen LogP contribution >= 0.6 is 11.6 Å². The number of fused-ring (bicyclic) bond motifs is 1. The molecule has 0 atom stereocenters. The number of hydrogen-bond acceptors (Lipinski definition) is 7. The van der Waals surface area contributed by atoms with Gasteiger partial charge in [0.2, 0.25) is 0 Å². The van der Waals surface area contributed by atoms with Crippen molar-refractivity contribution in [2.24, 2.45) is 0 Å². The fraction of sp³-hybridized carbons (Fsp3) is 0.208. The summed E-state index contributed by atoms with van der Waals surface area (Å²) in [5, 5.41) is 14.6. The van der Waals surface area contributed by atoms with E-state index >= 15 is 0 Å². The normalized spacial score (nSPS) is 11.3. The van der Waals surface area contributed by atoms with Gasteiger partial charge in [-0.3, -0.25) is 14.9 Å². The van der Waals surface area contributed by atoms with Gasteiger partial charge in [0, 0.05) is 56.6 Å². The average molecular weight is 451 g/mol. The van der Waals surface area contributed by atoms with Gasteiger partial charge >= 0.3 is 5.63 Å². The van der Waals surface area contributed by atoms with Crippen LogP contribution in [-0.4, -0.2) is 33.1 Å². The zero-order valence-corrected chi connectivity index (χ0v) is 18.1. The molecule has 2 N–H and O–H groups in total. The summed E-state index contributed by atoms with van der Waals surface area (Å²) in [6.45, 7) is 3.01. The van der Waals surface area contributed by atoms with E-state index in [9.17, 15) is 9.90 Å². The summed E-state index contributed by atoms with van der Waals surface area (Å²) < 4.78 is 5.32. The highest BCUT2D eigenvalue weighted by atomic mass is 35.5. The lowest BCUT2D eigenvalue weighted by Crippen LogP contribution is -2.32. The molecule has 0 saturated heterocycles. The Hall–Kier alpha value is -3.26. The van der Waals surface area contributed by atoms with Gasteiger partial charge < -0.3 is 14.8 Å². The van der Waals surface area contributed by atoms with Gasteiger partial charge in [0.15, 0.2) is 0 Å². The van der Waals surface area contributed by atoms with Gasteiger partial charge in [-0.05, 0) is 36.4 Å². The van der Waals surface area contributed by atoms with Crippen LogP contribution in [0.3, 0.4) is 0 Å². The van der Waals surface area contributed by atoms with E-state index in [-0.39, 0.29) is 10.8 Å². The maximum Gasteiger partial charge on any atom is 0.336 e. The Bertz CT molecular complexity index is 1190. The molecule has 0 radical (unpaired) electrons. The molecule has 0 aliphatic heterocycles. The van der Waals surface area contributed by atoms with Crippen LogP contribution < -0.4 is 10.9 Å². The Labute approximate surface area is 190 Å². The lowest BCUT2D eigenvalue weighted by Gasteiger charge is -2.22. The van der Waals surface area contributed by atoms with Gasteiger partial charge in [0.25, 0.3) is 0 Å². The third-order valence-corrected chi connectivity index (χ3v) is 5.35. The zero-order chi connectivity index (χ0) is 22.3. The minimum atomic E-state index is -0.475. The lowest BCUT2D eigenvalue weighted by molar-refractivity contribution is 0.250. The summed E-state index contributed by atoms with van der Waals surface area (Å²) >= 11 is 6.16. The van der Waals surface area contributed by atoms with Crippen LogP contribution in [0.15, 0.2) is 76.2 Å². The van der Waals surface area contributed by atoms with E-state index in [0.717, 1.165) is 17.9 Å². The number of nitrogens with zero attached hydrogens (tertiary/aromatic N) is 3. The lowest BCUT2D eigenvalue weighted by atomic mass is 10.1. The Balaban J connectivity index is 1.44. The maximum atomic E-state index is 11.7. The van der Waals surface area contributed by atoms with E-state index in [1.165, 1.54) is 6.07 Å². The van der Waals surface area contributed by atoms with Crippen molar-refractivity contribution in [3.63, 3.8) is 0 Å². The summed E-state index contributed by atoms with van der Waals surface area (Å²) in [4.78, 5) is 22.8. The van der Waals surface area contributed by atoms with Gasteiger partial charge in [-0.15, -0.1) is 0 Å². The fourth-order valence-corrected chi connectivity index (χ4v) is 3.73. The van der Waals surface area contributed by atoms with Crippen LogP contribution in [0, 0.1) is 0 Å². The first-order valence-electron chi connectivity index (χ1n) is 10.3. The van der Waals surface area contributed by atoms with Crippen molar-refractivity contribution in [2.45, 2.75) is 19.6 Å². The van der Waals surface area contributed by atoms with Crippen LogP contribution in [0.25, 0.3) is 11.0 Å². The summed E-state index contributed by atoms with van der Waals surface area (Å²) in [5.74, 6) is -0.0835. The Morgan fingerprint density at radius 2 is 1.69 bits per heavy atom. The van der Waals surface area contributed by atoms with Crippen molar-refractivity contribution >= 4 is 22.6 Å². The SMILES string of the molecule is O=c1ccc2cc(Cl)c(O)c(CNCCN(Cc3ccccn3)Cc3ccccn3)c2o1. The minimum Gasteiger partial charge on any atom is -0.506 e. The van der Waals surface area contributed by atoms with E-state index in [2.05, 4.69) is 20.2 Å². The van der Waals surface area contributed by atoms with Crippen molar-refractivity contribution < 1.29 is 9.52 Å². The number of hydrogen-bond donors (Lipinski definition) is 2. The zero-order valence-electron chi connectivity index (χ0n) is 17.4. The van der Waals surface area contributed by atoms with Crippen molar-refractivity contribution in [1.82, 2.24) is 20.2 Å². The maximum absolute atomic E-state index is 11.7. The topological polar surface area (TPSA) is 91.5 Å².